The van der Waals surface area contributed by atoms with Crippen LogP contribution in [0.5, 0.6) is 0 Å². The molecule has 0 radical (unpaired) electrons. The minimum absolute atomic E-state index is 0.210. The van der Waals surface area contributed by atoms with Crippen molar-refractivity contribution in [3.63, 3.8) is 0 Å². The predicted octanol–water partition coefficient (Wildman–Crippen LogP) is 4.67. The van der Waals surface area contributed by atoms with Crippen molar-refractivity contribution in [2.24, 2.45) is 22.2 Å². The van der Waals surface area contributed by atoms with Crippen molar-refractivity contribution >= 4 is 0 Å². The molecule has 2 spiro atoms. The summed E-state index contributed by atoms with van der Waals surface area (Å²) in [4.78, 5) is 0. The van der Waals surface area contributed by atoms with E-state index in [1.807, 2.05) is 0 Å². The minimum Gasteiger partial charge on any atom is -0.345 e. The lowest BCUT2D eigenvalue weighted by Gasteiger charge is -2.57. The molecule has 5 rings (SSSR count). The second-order valence-corrected chi connectivity index (χ2v) is 9.48. The molecule has 5 unspecified atom stereocenters. The summed E-state index contributed by atoms with van der Waals surface area (Å²) in [6, 6.07) is 0. The molecular formula is C19H30O2. The Bertz CT molecular complexity index is 460. The van der Waals surface area contributed by atoms with Gasteiger partial charge in [-0.1, -0.05) is 33.6 Å². The van der Waals surface area contributed by atoms with E-state index < -0.39 is 0 Å². The quantitative estimate of drug-likeness (QED) is 0.645. The largest absolute Gasteiger partial charge is 0.345 e. The van der Waals surface area contributed by atoms with Crippen molar-refractivity contribution in [1.82, 2.24) is 0 Å². The molecule has 1 heterocycles. The Labute approximate surface area is 129 Å². The molecule has 4 saturated carbocycles. The first-order chi connectivity index (χ1) is 9.94. The molecule has 5 fully saturated rings. The van der Waals surface area contributed by atoms with Crippen molar-refractivity contribution in [3.05, 3.63) is 0 Å². The van der Waals surface area contributed by atoms with Crippen LogP contribution in [-0.4, -0.2) is 18.0 Å². The molecule has 1 saturated heterocycles. The number of fused-ring (bicyclic) bond motifs is 3. The predicted molar refractivity (Wildman–Crippen MR) is 81.8 cm³/mol. The number of hydrogen-bond acceptors (Lipinski definition) is 2. The van der Waals surface area contributed by atoms with Gasteiger partial charge in [-0.3, -0.25) is 0 Å². The number of ether oxygens (including phenoxy) is 2. The maximum Gasteiger partial charge on any atom is 0.175 e. The van der Waals surface area contributed by atoms with Gasteiger partial charge < -0.3 is 9.47 Å². The van der Waals surface area contributed by atoms with Crippen LogP contribution in [0.3, 0.4) is 0 Å². The Morgan fingerprint density at radius 1 is 0.810 bits per heavy atom. The van der Waals surface area contributed by atoms with Crippen LogP contribution in [0.15, 0.2) is 0 Å². The highest BCUT2D eigenvalue weighted by molar-refractivity contribution is 5.19. The fourth-order valence-electron chi connectivity index (χ4n) is 7.17. The minimum atomic E-state index is -0.257. The van der Waals surface area contributed by atoms with Crippen LogP contribution >= 0.6 is 0 Å². The molecule has 21 heavy (non-hydrogen) atoms. The summed E-state index contributed by atoms with van der Waals surface area (Å²) in [5, 5.41) is 0. The van der Waals surface area contributed by atoms with Crippen molar-refractivity contribution in [2.45, 2.75) is 96.6 Å². The zero-order valence-corrected chi connectivity index (χ0v) is 13.9. The highest BCUT2D eigenvalue weighted by atomic mass is 16.7. The summed E-state index contributed by atoms with van der Waals surface area (Å²) in [6.45, 7) is 7.41. The fraction of sp³-hybridized carbons (Fsp3) is 1.00. The Kier molecular flexibility index (Phi) is 2.35. The topological polar surface area (TPSA) is 18.5 Å². The van der Waals surface area contributed by atoms with Gasteiger partial charge in [0.25, 0.3) is 0 Å². The highest BCUT2D eigenvalue weighted by Crippen LogP contribution is 2.74. The average Bonchev–Trinajstić information content (AvgIpc) is 3.11. The van der Waals surface area contributed by atoms with E-state index >= 15 is 0 Å². The smallest absolute Gasteiger partial charge is 0.175 e. The first-order valence-corrected chi connectivity index (χ1v) is 9.29. The molecular weight excluding hydrogens is 260 g/mol. The van der Waals surface area contributed by atoms with Gasteiger partial charge >= 0.3 is 0 Å². The maximum absolute atomic E-state index is 6.91. The van der Waals surface area contributed by atoms with Crippen molar-refractivity contribution in [2.75, 3.05) is 0 Å². The van der Waals surface area contributed by atoms with Crippen LogP contribution in [-0.2, 0) is 9.47 Å². The van der Waals surface area contributed by atoms with Gasteiger partial charge in [-0.05, 0) is 49.9 Å². The maximum atomic E-state index is 6.91. The summed E-state index contributed by atoms with van der Waals surface area (Å²) in [7, 11) is 0. The molecule has 2 heteroatoms. The Morgan fingerprint density at radius 2 is 1.43 bits per heavy atom. The van der Waals surface area contributed by atoms with Crippen LogP contribution < -0.4 is 0 Å². The molecule has 2 nitrogen and oxygen atoms in total. The third kappa shape index (κ3) is 1.27. The molecule has 0 aromatic heterocycles. The lowest BCUT2D eigenvalue weighted by molar-refractivity contribution is -0.390. The van der Waals surface area contributed by atoms with E-state index in [1.165, 1.54) is 51.4 Å². The SMILES string of the molecule is CC1(C)C2CCC1(C)C1(C2)OC2CCCC23CCC[C@@H]3O1. The van der Waals surface area contributed by atoms with E-state index in [-0.39, 0.29) is 11.2 Å². The van der Waals surface area contributed by atoms with Crippen LogP contribution in [0.1, 0.15) is 78.6 Å². The third-order valence-corrected chi connectivity index (χ3v) is 8.96. The normalized spacial score (nSPS) is 60.4. The van der Waals surface area contributed by atoms with Gasteiger partial charge in [0.2, 0.25) is 0 Å². The van der Waals surface area contributed by atoms with Crippen molar-refractivity contribution in [3.8, 4) is 0 Å². The first kappa shape index (κ1) is 13.4. The van der Waals surface area contributed by atoms with E-state index in [0.29, 0.717) is 23.0 Å². The van der Waals surface area contributed by atoms with Gasteiger partial charge in [-0.2, -0.15) is 0 Å². The molecule has 0 N–H and O–H groups in total. The molecule has 0 aromatic carbocycles. The second kappa shape index (κ2) is 3.70. The van der Waals surface area contributed by atoms with Gasteiger partial charge in [0, 0.05) is 17.3 Å². The van der Waals surface area contributed by atoms with E-state index in [9.17, 15) is 0 Å². The van der Waals surface area contributed by atoms with Gasteiger partial charge in [0.15, 0.2) is 5.79 Å². The summed E-state index contributed by atoms with van der Waals surface area (Å²) in [5.41, 5.74) is 0.972. The van der Waals surface area contributed by atoms with E-state index in [0.717, 1.165) is 12.3 Å². The second-order valence-electron chi connectivity index (χ2n) is 9.48. The van der Waals surface area contributed by atoms with E-state index in [2.05, 4.69) is 20.8 Å². The Morgan fingerprint density at radius 3 is 1.90 bits per heavy atom. The molecule has 5 aliphatic rings. The van der Waals surface area contributed by atoms with Crippen LogP contribution in [0.2, 0.25) is 0 Å². The molecule has 2 bridgehead atoms. The average molecular weight is 290 g/mol. The lowest BCUT2D eigenvalue weighted by Crippen LogP contribution is -2.62. The molecule has 0 aromatic rings. The van der Waals surface area contributed by atoms with Gasteiger partial charge in [-0.15, -0.1) is 0 Å². The van der Waals surface area contributed by atoms with Crippen LogP contribution in [0.4, 0.5) is 0 Å². The molecule has 4 aliphatic carbocycles. The van der Waals surface area contributed by atoms with Crippen LogP contribution in [0.25, 0.3) is 0 Å². The van der Waals surface area contributed by atoms with Gasteiger partial charge in [0.1, 0.15) is 0 Å². The lowest BCUT2D eigenvalue weighted by atomic mass is 9.67. The zero-order valence-electron chi connectivity index (χ0n) is 13.9. The highest BCUT2D eigenvalue weighted by Gasteiger charge is 2.75. The standard InChI is InChI=1S/C19H30O2/c1-16(2)13-8-11-17(16,3)19(12-13)20-14-6-4-9-18(14)10-5-7-15(18)21-19/h13-15H,4-12H2,1-3H3/t13?,14-,15?,17?,18?,19?/m0/s1. The summed E-state index contributed by atoms with van der Waals surface area (Å²) in [6.07, 6.45) is 12.8. The third-order valence-electron chi connectivity index (χ3n) is 8.96. The molecule has 0 amide bonds. The fourth-order valence-corrected chi connectivity index (χ4v) is 7.17. The summed E-state index contributed by atoms with van der Waals surface area (Å²) in [5.74, 6) is 0.533. The monoisotopic (exact) mass is 290 g/mol. The summed E-state index contributed by atoms with van der Waals surface area (Å²) >= 11 is 0. The first-order valence-electron chi connectivity index (χ1n) is 9.29. The van der Waals surface area contributed by atoms with Crippen molar-refractivity contribution in [1.29, 1.82) is 0 Å². The van der Waals surface area contributed by atoms with Crippen molar-refractivity contribution < 1.29 is 9.47 Å². The zero-order chi connectivity index (χ0) is 14.5. The summed E-state index contributed by atoms with van der Waals surface area (Å²) < 4.78 is 13.8. The Hall–Kier alpha value is -0.0800. The van der Waals surface area contributed by atoms with Gasteiger partial charge in [0.05, 0.1) is 12.2 Å². The number of rotatable bonds is 0. The van der Waals surface area contributed by atoms with E-state index in [1.54, 1.807) is 0 Å². The van der Waals surface area contributed by atoms with Gasteiger partial charge in [-0.25, -0.2) is 0 Å². The van der Waals surface area contributed by atoms with E-state index in [4.69, 9.17) is 9.47 Å². The number of hydrogen-bond donors (Lipinski definition) is 0. The molecule has 6 atom stereocenters. The molecule has 1 aliphatic heterocycles. The molecule has 118 valence electrons. The Balaban J connectivity index is 1.58. The van der Waals surface area contributed by atoms with Crippen LogP contribution in [0, 0.1) is 22.2 Å².